The number of hydrogen-bond acceptors (Lipinski definition) is 6. The molecule has 0 saturated heterocycles. The largest absolute Gasteiger partial charge is 0.507 e. The zero-order valence-electron chi connectivity index (χ0n) is 11.1. The summed E-state index contributed by atoms with van der Waals surface area (Å²) in [5.41, 5.74) is 1.75. The maximum absolute atomic E-state index is 10.1. The van der Waals surface area contributed by atoms with Gasteiger partial charge in [0.2, 0.25) is 0 Å². The van der Waals surface area contributed by atoms with Crippen LogP contribution >= 0.6 is 11.3 Å². The fraction of sp³-hybridized carbons (Fsp3) is 0.214. The van der Waals surface area contributed by atoms with Gasteiger partial charge in [-0.25, -0.2) is 0 Å². The van der Waals surface area contributed by atoms with Gasteiger partial charge in [0.15, 0.2) is 0 Å². The van der Waals surface area contributed by atoms with Crippen LogP contribution in [0.15, 0.2) is 39.1 Å². The number of phenols is 1. The van der Waals surface area contributed by atoms with Gasteiger partial charge in [-0.2, -0.15) is 0 Å². The lowest BCUT2D eigenvalue weighted by Crippen LogP contribution is -1.82. The molecule has 0 atom stereocenters. The van der Waals surface area contributed by atoms with Gasteiger partial charge < -0.3 is 9.63 Å². The van der Waals surface area contributed by atoms with Crippen LogP contribution in [0, 0.1) is 6.92 Å². The third-order valence-electron chi connectivity index (χ3n) is 3.02. The fourth-order valence-corrected chi connectivity index (χ4v) is 3.12. The summed E-state index contributed by atoms with van der Waals surface area (Å²) in [4.78, 5) is 1.12. The van der Waals surface area contributed by atoms with E-state index in [1.54, 1.807) is 23.5 Å². The third-order valence-corrected chi connectivity index (χ3v) is 4.07. The zero-order valence-corrected chi connectivity index (χ0v) is 11.9. The highest BCUT2D eigenvalue weighted by Gasteiger charge is 2.13. The molecule has 0 bridgehead atoms. The Bertz CT molecular complexity index is 775. The molecule has 3 rings (SSSR count). The molecule has 0 spiro atoms. The van der Waals surface area contributed by atoms with Crippen molar-refractivity contribution in [2.24, 2.45) is 10.2 Å². The molecule has 20 heavy (non-hydrogen) atoms. The van der Waals surface area contributed by atoms with E-state index in [-0.39, 0.29) is 0 Å². The molecule has 0 aliphatic rings. The number of aromatic hydroxyl groups is 1. The van der Waals surface area contributed by atoms with Crippen LogP contribution in [0.5, 0.6) is 5.75 Å². The Morgan fingerprint density at radius 2 is 2.20 bits per heavy atom. The SMILES string of the molecule is CCc1cc(O)c2cc(C)sc2c1/N=N/c1ccno1. The number of aryl methyl sites for hydroxylation is 2. The number of nitrogens with zero attached hydrogens (tertiary/aromatic N) is 3. The van der Waals surface area contributed by atoms with Crippen LogP contribution in [0.4, 0.5) is 11.6 Å². The Morgan fingerprint density at radius 1 is 1.35 bits per heavy atom. The van der Waals surface area contributed by atoms with Crippen molar-refractivity contribution in [1.82, 2.24) is 5.16 Å². The quantitative estimate of drug-likeness (QED) is 0.698. The summed E-state index contributed by atoms with van der Waals surface area (Å²) in [7, 11) is 0. The number of fused-ring (bicyclic) bond motifs is 1. The zero-order chi connectivity index (χ0) is 14.1. The molecule has 0 fully saturated rings. The van der Waals surface area contributed by atoms with Crippen molar-refractivity contribution in [2.45, 2.75) is 20.3 Å². The maximum atomic E-state index is 10.1. The number of aromatic nitrogens is 1. The predicted molar refractivity (Wildman–Crippen MR) is 78.3 cm³/mol. The van der Waals surface area contributed by atoms with Gasteiger partial charge >= 0.3 is 0 Å². The second-order valence-corrected chi connectivity index (χ2v) is 5.66. The molecule has 102 valence electrons. The van der Waals surface area contributed by atoms with Gasteiger partial charge in [-0.15, -0.1) is 21.6 Å². The molecule has 0 amide bonds. The molecule has 0 unspecified atom stereocenters. The lowest BCUT2D eigenvalue weighted by Gasteiger charge is -2.05. The molecule has 0 aliphatic carbocycles. The molecule has 1 aromatic carbocycles. The summed E-state index contributed by atoms with van der Waals surface area (Å²) >= 11 is 1.60. The number of azo groups is 1. The first-order chi connectivity index (χ1) is 9.69. The maximum Gasteiger partial charge on any atom is 0.269 e. The van der Waals surface area contributed by atoms with Crippen LogP contribution in [0.25, 0.3) is 10.1 Å². The monoisotopic (exact) mass is 287 g/mol. The lowest BCUT2D eigenvalue weighted by molar-refractivity contribution is 0.427. The first-order valence-electron chi connectivity index (χ1n) is 6.26. The second-order valence-electron chi connectivity index (χ2n) is 4.41. The molecule has 2 aromatic heterocycles. The first kappa shape index (κ1) is 12.8. The van der Waals surface area contributed by atoms with Crippen LogP contribution in [0.1, 0.15) is 17.4 Å². The fourth-order valence-electron chi connectivity index (χ4n) is 2.08. The van der Waals surface area contributed by atoms with Crippen molar-refractivity contribution < 1.29 is 9.63 Å². The van der Waals surface area contributed by atoms with E-state index in [1.165, 1.54) is 6.20 Å². The van der Waals surface area contributed by atoms with Crippen molar-refractivity contribution >= 4 is 33.0 Å². The molecule has 0 aliphatic heterocycles. The minimum atomic E-state index is 0.291. The van der Waals surface area contributed by atoms with E-state index in [9.17, 15) is 5.11 Å². The van der Waals surface area contributed by atoms with Gasteiger partial charge in [-0.1, -0.05) is 12.1 Å². The van der Waals surface area contributed by atoms with Crippen LogP contribution in [-0.2, 0) is 6.42 Å². The molecular weight excluding hydrogens is 274 g/mol. The van der Waals surface area contributed by atoms with Gasteiger partial charge in [0.05, 0.1) is 10.9 Å². The van der Waals surface area contributed by atoms with Crippen molar-refractivity contribution in [1.29, 1.82) is 0 Å². The van der Waals surface area contributed by atoms with Crippen LogP contribution in [0.2, 0.25) is 0 Å². The molecule has 0 radical (unpaired) electrons. The Labute approximate surface area is 119 Å². The van der Waals surface area contributed by atoms with Gasteiger partial charge in [0, 0.05) is 16.3 Å². The van der Waals surface area contributed by atoms with E-state index in [1.807, 2.05) is 19.9 Å². The Morgan fingerprint density at radius 3 is 2.90 bits per heavy atom. The van der Waals surface area contributed by atoms with Gasteiger partial charge in [-0.3, -0.25) is 0 Å². The average Bonchev–Trinajstić information content (AvgIpc) is 3.06. The summed E-state index contributed by atoms with van der Waals surface area (Å²) in [6, 6.07) is 5.36. The van der Waals surface area contributed by atoms with E-state index in [0.717, 1.165) is 32.6 Å². The van der Waals surface area contributed by atoms with E-state index in [4.69, 9.17) is 4.52 Å². The smallest absolute Gasteiger partial charge is 0.269 e. The number of hydrogen-bond donors (Lipinski definition) is 1. The molecule has 1 N–H and O–H groups in total. The standard InChI is InChI=1S/C14H13N3O2S/c1-3-9-7-11(18)10-6-8(2)20-14(10)13(9)17-16-12-4-5-15-19-12/h4-7,18H,3H2,1-2H3/b17-16+. The molecule has 5 nitrogen and oxygen atoms in total. The highest BCUT2D eigenvalue weighted by molar-refractivity contribution is 7.19. The number of thiophene rings is 1. The minimum absolute atomic E-state index is 0.291. The molecule has 2 heterocycles. The van der Waals surface area contributed by atoms with E-state index in [2.05, 4.69) is 15.4 Å². The minimum Gasteiger partial charge on any atom is -0.507 e. The summed E-state index contributed by atoms with van der Waals surface area (Å²) in [5, 5.41) is 22.8. The van der Waals surface area contributed by atoms with Crippen molar-refractivity contribution in [2.75, 3.05) is 0 Å². The second kappa shape index (κ2) is 5.05. The Balaban J connectivity index is 2.19. The van der Waals surface area contributed by atoms with Gasteiger partial charge in [-0.05, 0) is 31.0 Å². The third kappa shape index (κ3) is 2.18. The van der Waals surface area contributed by atoms with Gasteiger partial charge in [0.25, 0.3) is 5.88 Å². The van der Waals surface area contributed by atoms with E-state index < -0.39 is 0 Å². The molecular formula is C14H13N3O2S. The predicted octanol–water partition coefficient (Wildman–Crippen LogP) is 4.88. The van der Waals surface area contributed by atoms with Crippen LogP contribution in [-0.4, -0.2) is 10.3 Å². The van der Waals surface area contributed by atoms with Crippen LogP contribution in [0.3, 0.4) is 0 Å². The highest BCUT2D eigenvalue weighted by Crippen LogP contribution is 2.42. The van der Waals surface area contributed by atoms with Crippen molar-refractivity contribution in [3.05, 3.63) is 34.8 Å². The molecule has 6 heteroatoms. The Hall–Kier alpha value is -2.21. The summed E-state index contributed by atoms with van der Waals surface area (Å²) in [6.45, 7) is 4.03. The van der Waals surface area contributed by atoms with E-state index in [0.29, 0.717) is 11.6 Å². The number of rotatable bonds is 3. The first-order valence-corrected chi connectivity index (χ1v) is 7.08. The molecule has 3 aromatic rings. The molecule has 0 saturated carbocycles. The normalized spacial score (nSPS) is 11.7. The van der Waals surface area contributed by atoms with Crippen LogP contribution < -0.4 is 0 Å². The average molecular weight is 287 g/mol. The number of phenolic OH excluding ortho intramolecular Hbond substituents is 1. The topological polar surface area (TPSA) is 71.0 Å². The lowest BCUT2D eigenvalue weighted by atomic mass is 10.1. The van der Waals surface area contributed by atoms with Crippen molar-refractivity contribution in [3.63, 3.8) is 0 Å². The Kier molecular flexibility index (Phi) is 3.23. The summed E-state index contributed by atoms with van der Waals surface area (Å²) < 4.78 is 5.86. The highest BCUT2D eigenvalue weighted by atomic mass is 32.1. The number of benzene rings is 1. The summed E-state index contributed by atoms with van der Waals surface area (Å²) in [6.07, 6.45) is 2.29. The summed E-state index contributed by atoms with van der Waals surface area (Å²) in [5.74, 6) is 0.654. The van der Waals surface area contributed by atoms with E-state index >= 15 is 0 Å². The van der Waals surface area contributed by atoms with Crippen molar-refractivity contribution in [3.8, 4) is 5.75 Å². The van der Waals surface area contributed by atoms with Gasteiger partial charge in [0.1, 0.15) is 11.4 Å².